The van der Waals surface area contributed by atoms with Crippen LogP contribution >= 0.6 is 0 Å². The molecule has 0 bridgehead atoms. The number of anilines is 2. The van der Waals surface area contributed by atoms with E-state index in [-0.39, 0.29) is 5.56 Å². The normalized spacial score (nSPS) is 10.3. The summed E-state index contributed by atoms with van der Waals surface area (Å²) in [6.07, 6.45) is 3.36. The molecule has 0 saturated carbocycles. The number of aromatic nitrogens is 3. The summed E-state index contributed by atoms with van der Waals surface area (Å²) < 4.78 is 0. The van der Waals surface area contributed by atoms with Gasteiger partial charge in [-0.3, -0.25) is 14.8 Å². The number of rotatable bonds is 3. The third kappa shape index (κ3) is 2.97. The van der Waals surface area contributed by atoms with Crippen LogP contribution in [0, 0.1) is 6.92 Å². The average Bonchev–Trinajstić information content (AvgIpc) is 2.50. The van der Waals surface area contributed by atoms with Gasteiger partial charge in [0.2, 0.25) is 5.95 Å². The minimum absolute atomic E-state index is 0.208. The zero-order chi connectivity index (χ0) is 14.7. The minimum atomic E-state index is -0.208. The molecule has 0 amide bonds. The van der Waals surface area contributed by atoms with Gasteiger partial charge in [-0.05, 0) is 30.7 Å². The molecule has 0 atom stereocenters. The van der Waals surface area contributed by atoms with Crippen molar-refractivity contribution in [3.8, 4) is 11.3 Å². The van der Waals surface area contributed by atoms with Crippen LogP contribution in [0.3, 0.4) is 0 Å². The Morgan fingerprint density at radius 3 is 2.76 bits per heavy atom. The lowest BCUT2D eigenvalue weighted by molar-refractivity contribution is 1.12. The Hall–Kier alpha value is -2.95. The van der Waals surface area contributed by atoms with Crippen molar-refractivity contribution in [3.05, 3.63) is 70.8 Å². The summed E-state index contributed by atoms with van der Waals surface area (Å²) in [7, 11) is 0. The molecule has 5 nitrogen and oxygen atoms in total. The Morgan fingerprint density at radius 1 is 1.14 bits per heavy atom. The van der Waals surface area contributed by atoms with Crippen molar-refractivity contribution in [3.63, 3.8) is 0 Å². The number of para-hydroxylation sites is 1. The molecule has 5 heteroatoms. The summed E-state index contributed by atoms with van der Waals surface area (Å²) in [6.45, 7) is 1.99. The quantitative estimate of drug-likeness (QED) is 0.772. The van der Waals surface area contributed by atoms with Crippen molar-refractivity contribution < 1.29 is 0 Å². The molecule has 0 aliphatic carbocycles. The van der Waals surface area contributed by atoms with Crippen LogP contribution in [0.4, 0.5) is 11.6 Å². The first-order chi connectivity index (χ1) is 10.2. The molecule has 3 rings (SSSR count). The maximum atomic E-state index is 11.8. The van der Waals surface area contributed by atoms with Crippen molar-refractivity contribution in [1.29, 1.82) is 0 Å². The number of hydrogen-bond donors (Lipinski definition) is 2. The zero-order valence-corrected chi connectivity index (χ0v) is 11.5. The lowest BCUT2D eigenvalue weighted by atomic mass is 10.2. The van der Waals surface area contributed by atoms with Gasteiger partial charge in [0.1, 0.15) is 0 Å². The van der Waals surface area contributed by atoms with E-state index < -0.39 is 0 Å². The van der Waals surface area contributed by atoms with Crippen molar-refractivity contribution in [2.24, 2.45) is 0 Å². The van der Waals surface area contributed by atoms with Gasteiger partial charge in [-0.2, -0.15) is 0 Å². The highest BCUT2D eigenvalue weighted by Gasteiger charge is 2.05. The number of benzene rings is 1. The van der Waals surface area contributed by atoms with Crippen LogP contribution in [0.15, 0.2) is 59.7 Å². The fourth-order valence-corrected chi connectivity index (χ4v) is 2.02. The van der Waals surface area contributed by atoms with Gasteiger partial charge in [-0.25, -0.2) is 4.98 Å². The number of aryl methyl sites for hydroxylation is 1. The Morgan fingerprint density at radius 2 is 2.00 bits per heavy atom. The first kappa shape index (κ1) is 13.1. The number of aromatic amines is 1. The van der Waals surface area contributed by atoms with Crippen LogP contribution in [0.5, 0.6) is 0 Å². The van der Waals surface area contributed by atoms with E-state index in [9.17, 15) is 4.79 Å². The van der Waals surface area contributed by atoms with Crippen LogP contribution in [0.2, 0.25) is 0 Å². The van der Waals surface area contributed by atoms with Gasteiger partial charge in [-0.15, -0.1) is 0 Å². The monoisotopic (exact) mass is 278 g/mol. The van der Waals surface area contributed by atoms with Gasteiger partial charge in [0, 0.05) is 29.7 Å². The van der Waals surface area contributed by atoms with Crippen molar-refractivity contribution in [1.82, 2.24) is 15.0 Å². The topological polar surface area (TPSA) is 70.7 Å². The fourth-order valence-electron chi connectivity index (χ4n) is 2.02. The van der Waals surface area contributed by atoms with Crippen molar-refractivity contribution >= 4 is 11.6 Å². The van der Waals surface area contributed by atoms with E-state index in [1.54, 1.807) is 12.4 Å². The molecule has 1 aromatic carbocycles. The average molecular weight is 278 g/mol. The Balaban J connectivity index is 1.99. The number of hydrogen-bond acceptors (Lipinski definition) is 4. The Kier molecular flexibility index (Phi) is 3.47. The molecule has 0 radical (unpaired) electrons. The molecule has 0 saturated heterocycles. The largest absolute Gasteiger partial charge is 0.325 e. The second-order valence-corrected chi connectivity index (χ2v) is 4.66. The lowest BCUT2D eigenvalue weighted by Gasteiger charge is -2.09. The van der Waals surface area contributed by atoms with Crippen molar-refractivity contribution in [2.45, 2.75) is 6.92 Å². The van der Waals surface area contributed by atoms with E-state index in [0.29, 0.717) is 11.6 Å². The molecule has 0 aliphatic rings. The summed E-state index contributed by atoms with van der Waals surface area (Å²) in [6, 6.07) is 13.0. The van der Waals surface area contributed by atoms with Gasteiger partial charge < -0.3 is 5.32 Å². The van der Waals surface area contributed by atoms with E-state index in [0.717, 1.165) is 16.8 Å². The molecule has 2 aromatic heterocycles. The minimum Gasteiger partial charge on any atom is -0.325 e. The van der Waals surface area contributed by atoms with Gasteiger partial charge >= 0.3 is 0 Å². The predicted octanol–water partition coefficient (Wildman–Crippen LogP) is 2.88. The van der Waals surface area contributed by atoms with E-state index in [4.69, 9.17) is 0 Å². The second-order valence-electron chi connectivity index (χ2n) is 4.66. The SMILES string of the molecule is Cc1ccccc1Nc1nc(-c2cccnc2)cc(=O)[nH]1. The van der Waals surface area contributed by atoms with E-state index in [1.165, 1.54) is 6.07 Å². The maximum absolute atomic E-state index is 11.8. The van der Waals surface area contributed by atoms with E-state index in [1.807, 2.05) is 43.3 Å². The summed E-state index contributed by atoms with van der Waals surface area (Å²) in [4.78, 5) is 23.0. The van der Waals surface area contributed by atoms with Crippen LogP contribution < -0.4 is 10.9 Å². The summed E-state index contributed by atoms with van der Waals surface area (Å²) >= 11 is 0. The molecule has 0 aliphatic heterocycles. The fraction of sp³-hybridized carbons (Fsp3) is 0.0625. The molecule has 0 spiro atoms. The standard InChI is InChI=1S/C16H14N4O/c1-11-5-2-3-7-13(11)18-16-19-14(9-15(21)20-16)12-6-4-8-17-10-12/h2-10H,1H3,(H2,18,19,20,21). The van der Waals surface area contributed by atoms with Gasteiger partial charge in [0.15, 0.2) is 0 Å². The first-order valence-electron chi connectivity index (χ1n) is 6.57. The predicted molar refractivity (Wildman–Crippen MR) is 82.6 cm³/mol. The van der Waals surface area contributed by atoms with Crippen molar-refractivity contribution in [2.75, 3.05) is 5.32 Å². The molecular formula is C16H14N4O. The third-order valence-electron chi connectivity index (χ3n) is 3.10. The molecule has 21 heavy (non-hydrogen) atoms. The first-order valence-corrected chi connectivity index (χ1v) is 6.57. The Labute approximate surface area is 121 Å². The smallest absolute Gasteiger partial charge is 0.252 e. The van der Waals surface area contributed by atoms with E-state index in [2.05, 4.69) is 20.3 Å². The number of pyridine rings is 1. The molecule has 104 valence electrons. The van der Waals surface area contributed by atoms with E-state index >= 15 is 0 Å². The number of nitrogens with one attached hydrogen (secondary N) is 2. The molecule has 2 heterocycles. The molecule has 0 fully saturated rings. The highest BCUT2D eigenvalue weighted by atomic mass is 16.1. The van der Waals surface area contributed by atoms with Crippen LogP contribution in [0.1, 0.15) is 5.56 Å². The van der Waals surface area contributed by atoms with Crippen LogP contribution in [-0.4, -0.2) is 15.0 Å². The summed E-state index contributed by atoms with van der Waals surface area (Å²) in [5.74, 6) is 0.413. The van der Waals surface area contributed by atoms with Gasteiger partial charge in [0.05, 0.1) is 5.69 Å². The highest BCUT2D eigenvalue weighted by molar-refractivity contribution is 5.62. The zero-order valence-electron chi connectivity index (χ0n) is 11.5. The summed E-state index contributed by atoms with van der Waals surface area (Å²) in [5.41, 5.74) is 3.16. The third-order valence-corrected chi connectivity index (χ3v) is 3.10. The number of H-pyrrole nitrogens is 1. The summed E-state index contributed by atoms with van der Waals surface area (Å²) in [5, 5.41) is 3.14. The van der Waals surface area contributed by atoms with Gasteiger partial charge in [0.25, 0.3) is 5.56 Å². The Bertz CT molecular complexity index is 812. The maximum Gasteiger partial charge on any atom is 0.252 e. The van der Waals surface area contributed by atoms with Gasteiger partial charge in [-0.1, -0.05) is 18.2 Å². The molecule has 0 unspecified atom stereocenters. The highest BCUT2D eigenvalue weighted by Crippen LogP contribution is 2.19. The molecule has 3 aromatic rings. The van der Waals surface area contributed by atoms with Crippen LogP contribution in [0.25, 0.3) is 11.3 Å². The van der Waals surface area contributed by atoms with Crippen LogP contribution in [-0.2, 0) is 0 Å². The number of nitrogens with zero attached hydrogens (tertiary/aromatic N) is 2. The molecular weight excluding hydrogens is 264 g/mol. The second kappa shape index (κ2) is 5.58. The molecule has 2 N–H and O–H groups in total. The lowest BCUT2D eigenvalue weighted by Crippen LogP contribution is -2.10.